The lowest BCUT2D eigenvalue weighted by Crippen LogP contribution is -2.19. The van der Waals surface area contributed by atoms with Crippen molar-refractivity contribution in [3.8, 4) is 22.6 Å². The molecule has 0 aromatic heterocycles. The predicted octanol–water partition coefficient (Wildman–Crippen LogP) is 3.81. The summed E-state index contributed by atoms with van der Waals surface area (Å²) in [6.45, 7) is 0. The van der Waals surface area contributed by atoms with E-state index in [-0.39, 0.29) is 18.0 Å². The number of ether oxygens (including phenoxy) is 2. The Kier molecular flexibility index (Phi) is 5.02. The Morgan fingerprint density at radius 3 is 2.62 bits per heavy atom. The van der Waals surface area contributed by atoms with Crippen LogP contribution in [0.1, 0.15) is 22.8 Å². The number of aryl methyl sites for hydroxylation is 1. The lowest BCUT2D eigenvalue weighted by molar-refractivity contribution is 0.241. The molecule has 0 spiro atoms. The summed E-state index contributed by atoms with van der Waals surface area (Å²) in [7, 11) is -1.98. The minimum atomic E-state index is -3.58. The molecule has 0 aliphatic carbocycles. The van der Waals surface area contributed by atoms with Crippen molar-refractivity contribution in [2.24, 2.45) is 5.14 Å². The van der Waals surface area contributed by atoms with Crippen molar-refractivity contribution >= 4 is 10.0 Å². The zero-order valence-corrected chi connectivity index (χ0v) is 16.6. The molecule has 1 aliphatic rings. The van der Waals surface area contributed by atoms with E-state index in [0.717, 1.165) is 22.3 Å². The van der Waals surface area contributed by atoms with Gasteiger partial charge in [0.15, 0.2) is 0 Å². The Balaban J connectivity index is 1.86. The maximum atomic E-state index is 13.9. The SMILES string of the molecule is COc1cccc2c1-c1ccc(CCS(N)(=O)=O)cc1C(c1cccc(F)c1)O2. The quantitative estimate of drug-likeness (QED) is 0.690. The molecule has 0 bridgehead atoms. The number of methoxy groups -OCH3 is 1. The van der Waals surface area contributed by atoms with Gasteiger partial charge in [0.1, 0.15) is 23.4 Å². The molecule has 1 heterocycles. The standard InChI is InChI=1S/C22H20FNO4S/c1-27-19-6-3-7-20-21(19)17-9-8-14(10-11-29(24,25)26)12-18(17)22(28-20)15-4-2-5-16(23)13-15/h2-9,12-13,22H,10-11H2,1H3,(H2,24,25,26). The Morgan fingerprint density at radius 2 is 1.90 bits per heavy atom. The third-order valence-corrected chi connectivity index (χ3v) is 5.72. The smallest absolute Gasteiger partial charge is 0.209 e. The highest BCUT2D eigenvalue weighted by Crippen LogP contribution is 2.49. The molecule has 7 heteroatoms. The monoisotopic (exact) mass is 413 g/mol. The van der Waals surface area contributed by atoms with Crippen LogP contribution in [-0.4, -0.2) is 21.3 Å². The van der Waals surface area contributed by atoms with Crippen LogP contribution >= 0.6 is 0 Å². The second-order valence-electron chi connectivity index (χ2n) is 6.92. The zero-order chi connectivity index (χ0) is 20.6. The third-order valence-electron chi connectivity index (χ3n) is 4.95. The molecular formula is C22H20FNO4S. The molecule has 0 radical (unpaired) electrons. The van der Waals surface area contributed by atoms with Gasteiger partial charge in [-0.05, 0) is 47.4 Å². The van der Waals surface area contributed by atoms with Gasteiger partial charge in [0.2, 0.25) is 10.0 Å². The molecule has 0 fully saturated rings. The molecule has 4 rings (SSSR count). The van der Waals surface area contributed by atoms with E-state index in [0.29, 0.717) is 17.1 Å². The summed E-state index contributed by atoms with van der Waals surface area (Å²) in [5.74, 6) is 0.800. The number of rotatable bonds is 5. The molecule has 0 saturated heterocycles. The first-order valence-electron chi connectivity index (χ1n) is 9.08. The number of hydrogen-bond acceptors (Lipinski definition) is 4. The maximum absolute atomic E-state index is 13.9. The molecule has 3 aromatic rings. The summed E-state index contributed by atoms with van der Waals surface area (Å²) in [6, 6.07) is 17.5. The van der Waals surface area contributed by atoms with Gasteiger partial charge >= 0.3 is 0 Å². The number of benzene rings is 3. The van der Waals surface area contributed by atoms with Gasteiger partial charge in [-0.25, -0.2) is 17.9 Å². The van der Waals surface area contributed by atoms with Crippen molar-refractivity contribution < 1.29 is 22.3 Å². The number of primary sulfonamides is 1. The summed E-state index contributed by atoms with van der Waals surface area (Å²) < 4.78 is 48.4. The molecule has 1 unspecified atom stereocenters. The molecule has 2 N–H and O–H groups in total. The van der Waals surface area contributed by atoms with Gasteiger partial charge in [-0.15, -0.1) is 0 Å². The zero-order valence-electron chi connectivity index (χ0n) is 15.8. The summed E-state index contributed by atoms with van der Waals surface area (Å²) in [5.41, 5.74) is 4.01. The molecule has 29 heavy (non-hydrogen) atoms. The predicted molar refractivity (Wildman–Crippen MR) is 109 cm³/mol. The summed E-state index contributed by atoms with van der Waals surface area (Å²) in [4.78, 5) is 0. The van der Waals surface area contributed by atoms with E-state index in [1.165, 1.54) is 12.1 Å². The van der Waals surface area contributed by atoms with Crippen molar-refractivity contribution in [1.82, 2.24) is 0 Å². The average Bonchev–Trinajstić information content (AvgIpc) is 2.70. The normalized spacial score (nSPS) is 15.2. The van der Waals surface area contributed by atoms with Crippen molar-refractivity contribution in [3.63, 3.8) is 0 Å². The lowest BCUT2D eigenvalue weighted by Gasteiger charge is -2.30. The number of fused-ring (bicyclic) bond motifs is 3. The molecular weight excluding hydrogens is 393 g/mol. The summed E-state index contributed by atoms with van der Waals surface area (Å²) in [5, 5.41) is 5.15. The van der Waals surface area contributed by atoms with Crippen molar-refractivity contribution in [3.05, 3.63) is 83.2 Å². The highest BCUT2D eigenvalue weighted by atomic mass is 32.2. The van der Waals surface area contributed by atoms with Crippen LogP contribution in [-0.2, 0) is 16.4 Å². The lowest BCUT2D eigenvalue weighted by atomic mass is 9.87. The van der Waals surface area contributed by atoms with Crippen LogP contribution in [0, 0.1) is 5.82 Å². The Hall–Kier alpha value is -2.90. The number of hydrogen-bond donors (Lipinski definition) is 1. The van der Waals surface area contributed by atoms with E-state index in [4.69, 9.17) is 14.6 Å². The van der Waals surface area contributed by atoms with Gasteiger partial charge in [0, 0.05) is 5.56 Å². The molecule has 3 aromatic carbocycles. The van der Waals surface area contributed by atoms with Crippen LogP contribution in [0.4, 0.5) is 4.39 Å². The average molecular weight is 413 g/mol. The first kappa shape index (κ1) is 19.4. The number of sulfonamides is 1. The first-order valence-corrected chi connectivity index (χ1v) is 10.8. The highest BCUT2D eigenvalue weighted by Gasteiger charge is 2.30. The van der Waals surface area contributed by atoms with E-state index in [1.54, 1.807) is 19.2 Å². The summed E-state index contributed by atoms with van der Waals surface area (Å²) in [6.07, 6.45) is -0.254. The highest BCUT2D eigenvalue weighted by molar-refractivity contribution is 7.89. The molecule has 0 amide bonds. The molecule has 5 nitrogen and oxygen atoms in total. The second kappa shape index (κ2) is 7.50. The van der Waals surface area contributed by atoms with Crippen molar-refractivity contribution in [2.45, 2.75) is 12.5 Å². The molecule has 150 valence electrons. The molecule has 0 saturated carbocycles. The van der Waals surface area contributed by atoms with E-state index in [9.17, 15) is 12.8 Å². The largest absolute Gasteiger partial charge is 0.496 e. The van der Waals surface area contributed by atoms with Crippen LogP contribution < -0.4 is 14.6 Å². The van der Waals surface area contributed by atoms with E-state index in [1.807, 2.05) is 36.4 Å². The fourth-order valence-corrected chi connectivity index (χ4v) is 4.15. The number of nitrogens with two attached hydrogens (primary N) is 1. The van der Waals surface area contributed by atoms with Crippen LogP contribution in [0.2, 0.25) is 0 Å². The maximum Gasteiger partial charge on any atom is 0.209 e. The van der Waals surface area contributed by atoms with Crippen LogP contribution in [0.25, 0.3) is 11.1 Å². The van der Waals surface area contributed by atoms with Crippen LogP contribution in [0.3, 0.4) is 0 Å². The minimum absolute atomic E-state index is 0.156. The van der Waals surface area contributed by atoms with Crippen molar-refractivity contribution in [2.75, 3.05) is 12.9 Å². The Bertz CT molecular complexity index is 1180. The topological polar surface area (TPSA) is 78.6 Å². The summed E-state index contributed by atoms with van der Waals surface area (Å²) >= 11 is 0. The van der Waals surface area contributed by atoms with Gasteiger partial charge in [-0.2, -0.15) is 0 Å². The molecule has 1 atom stereocenters. The van der Waals surface area contributed by atoms with Gasteiger partial charge in [0.05, 0.1) is 18.4 Å². The fourth-order valence-electron chi connectivity index (χ4n) is 3.62. The van der Waals surface area contributed by atoms with Crippen molar-refractivity contribution in [1.29, 1.82) is 0 Å². The minimum Gasteiger partial charge on any atom is -0.496 e. The Morgan fingerprint density at radius 1 is 1.10 bits per heavy atom. The van der Waals surface area contributed by atoms with E-state index in [2.05, 4.69) is 0 Å². The third kappa shape index (κ3) is 3.97. The van der Waals surface area contributed by atoms with Crippen LogP contribution in [0.15, 0.2) is 60.7 Å². The second-order valence-corrected chi connectivity index (χ2v) is 8.66. The van der Waals surface area contributed by atoms with Gasteiger partial charge in [-0.1, -0.05) is 36.4 Å². The van der Waals surface area contributed by atoms with Gasteiger partial charge in [0.25, 0.3) is 0 Å². The van der Waals surface area contributed by atoms with E-state index >= 15 is 0 Å². The number of halogens is 1. The van der Waals surface area contributed by atoms with Gasteiger partial charge in [-0.3, -0.25) is 0 Å². The fraction of sp³-hybridized carbons (Fsp3) is 0.182. The van der Waals surface area contributed by atoms with E-state index < -0.39 is 16.1 Å². The Labute approximate surface area is 168 Å². The molecule has 1 aliphatic heterocycles. The first-order chi connectivity index (χ1) is 13.9. The van der Waals surface area contributed by atoms with Crippen LogP contribution in [0.5, 0.6) is 11.5 Å². The van der Waals surface area contributed by atoms with Gasteiger partial charge < -0.3 is 9.47 Å².